The zero-order valence-electron chi connectivity index (χ0n) is 10.8. The van der Waals surface area contributed by atoms with E-state index in [1.807, 2.05) is 30.4 Å². The molecule has 2 N–H and O–H groups in total. The third-order valence-corrected chi connectivity index (χ3v) is 3.70. The number of allylic oxidation sites excluding steroid dienone is 4. The van der Waals surface area contributed by atoms with E-state index in [-0.39, 0.29) is 17.9 Å². The molecule has 3 rings (SSSR count). The summed E-state index contributed by atoms with van der Waals surface area (Å²) in [6, 6.07) is 7.98. The highest BCUT2D eigenvalue weighted by Crippen LogP contribution is 2.29. The Bertz CT molecular complexity index is 515. The highest BCUT2D eigenvalue weighted by Gasteiger charge is 2.23. The maximum absolute atomic E-state index is 12.2. The molecule has 1 heterocycles. The van der Waals surface area contributed by atoms with Crippen LogP contribution in [-0.2, 0) is 4.79 Å². The number of carbonyl (C=O) groups excluding carboxylic acids is 1. The van der Waals surface area contributed by atoms with Crippen LogP contribution in [0.25, 0.3) is 0 Å². The van der Waals surface area contributed by atoms with Crippen LogP contribution in [0.4, 0.5) is 5.69 Å². The molecule has 1 amide bonds. The summed E-state index contributed by atoms with van der Waals surface area (Å²) in [4.78, 5) is 12.2. The van der Waals surface area contributed by atoms with Crippen molar-refractivity contribution in [1.29, 1.82) is 0 Å². The quantitative estimate of drug-likeness (QED) is 0.870. The minimum absolute atomic E-state index is 0.0391. The Kier molecular flexibility index (Phi) is 3.47. The van der Waals surface area contributed by atoms with Crippen LogP contribution in [0.5, 0.6) is 0 Å². The molecule has 1 fully saturated rings. The summed E-state index contributed by atoms with van der Waals surface area (Å²) in [6.07, 6.45) is 10.4. The fraction of sp³-hybridized carbons (Fsp3) is 0.312. The van der Waals surface area contributed by atoms with Crippen molar-refractivity contribution >= 4 is 11.6 Å². The molecule has 0 spiro atoms. The van der Waals surface area contributed by atoms with Gasteiger partial charge >= 0.3 is 0 Å². The summed E-state index contributed by atoms with van der Waals surface area (Å²) >= 11 is 0. The van der Waals surface area contributed by atoms with Crippen LogP contribution in [0, 0.1) is 0 Å². The van der Waals surface area contributed by atoms with Crippen LogP contribution in [0.2, 0.25) is 0 Å². The molecule has 0 unspecified atom stereocenters. The van der Waals surface area contributed by atoms with Gasteiger partial charge in [-0.1, -0.05) is 42.5 Å². The lowest BCUT2D eigenvalue weighted by Crippen LogP contribution is -2.35. The smallest absolute Gasteiger partial charge is 0.241 e. The van der Waals surface area contributed by atoms with Gasteiger partial charge in [-0.2, -0.15) is 0 Å². The summed E-state index contributed by atoms with van der Waals surface area (Å²) in [5.41, 5.74) is 2.07. The van der Waals surface area contributed by atoms with Gasteiger partial charge in [0, 0.05) is 11.6 Å². The normalized spacial score (nSPS) is 22.0. The minimum Gasteiger partial charge on any atom is -0.324 e. The second-order valence-corrected chi connectivity index (χ2v) is 5.02. The average molecular weight is 254 g/mol. The van der Waals surface area contributed by atoms with E-state index in [4.69, 9.17) is 0 Å². The van der Waals surface area contributed by atoms with Gasteiger partial charge in [0.1, 0.15) is 0 Å². The van der Waals surface area contributed by atoms with Gasteiger partial charge in [-0.05, 0) is 31.0 Å². The zero-order chi connectivity index (χ0) is 13.1. The van der Waals surface area contributed by atoms with Gasteiger partial charge < -0.3 is 10.6 Å². The lowest BCUT2D eigenvalue weighted by atomic mass is 9.98. The molecule has 1 aromatic carbocycles. The molecule has 1 aliphatic heterocycles. The van der Waals surface area contributed by atoms with Crippen LogP contribution in [0.15, 0.2) is 48.6 Å². The van der Waals surface area contributed by atoms with Crippen LogP contribution >= 0.6 is 0 Å². The van der Waals surface area contributed by atoms with E-state index in [2.05, 4.69) is 28.9 Å². The van der Waals surface area contributed by atoms with Crippen molar-refractivity contribution in [1.82, 2.24) is 5.32 Å². The number of hydrogen-bond acceptors (Lipinski definition) is 2. The number of para-hydroxylation sites is 1. The van der Waals surface area contributed by atoms with E-state index in [0.717, 1.165) is 30.6 Å². The molecule has 0 aromatic heterocycles. The number of hydrogen-bond donors (Lipinski definition) is 2. The Balaban J connectivity index is 1.78. The molecule has 0 radical (unpaired) electrons. The van der Waals surface area contributed by atoms with Crippen molar-refractivity contribution in [2.45, 2.75) is 24.8 Å². The predicted octanol–water partition coefficient (Wildman–Crippen LogP) is 2.59. The fourth-order valence-corrected chi connectivity index (χ4v) is 2.67. The molecule has 0 bridgehead atoms. The van der Waals surface area contributed by atoms with E-state index < -0.39 is 0 Å². The average Bonchev–Trinajstić information content (AvgIpc) is 3.13. The maximum atomic E-state index is 12.2. The molecule has 1 aromatic rings. The summed E-state index contributed by atoms with van der Waals surface area (Å²) in [5, 5.41) is 6.29. The van der Waals surface area contributed by atoms with Crippen molar-refractivity contribution in [3.05, 3.63) is 54.1 Å². The van der Waals surface area contributed by atoms with Gasteiger partial charge in [0.05, 0.1) is 6.04 Å². The maximum Gasteiger partial charge on any atom is 0.241 e. The first-order valence-electron chi connectivity index (χ1n) is 6.83. The lowest BCUT2D eigenvalue weighted by Gasteiger charge is -2.16. The molecule has 1 atom stereocenters. The van der Waals surface area contributed by atoms with Crippen molar-refractivity contribution in [3.8, 4) is 0 Å². The Hall–Kier alpha value is -1.87. The molecule has 3 heteroatoms. The van der Waals surface area contributed by atoms with Gasteiger partial charge in [0.25, 0.3) is 0 Å². The van der Waals surface area contributed by atoms with Gasteiger partial charge in [-0.3, -0.25) is 4.79 Å². The minimum atomic E-state index is -0.0391. The third kappa shape index (κ3) is 2.61. The highest BCUT2D eigenvalue weighted by molar-refractivity contribution is 5.95. The van der Waals surface area contributed by atoms with Crippen molar-refractivity contribution in [2.75, 3.05) is 11.9 Å². The molecule has 19 heavy (non-hydrogen) atoms. The largest absolute Gasteiger partial charge is 0.324 e. The van der Waals surface area contributed by atoms with Gasteiger partial charge in [0.2, 0.25) is 5.91 Å². The molecular formula is C16H18N2O. The number of amides is 1. The monoisotopic (exact) mass is 254 g/mol. The topological polar surface area (TPSA) is 41.1 Å². The van der Waals surface area contributed by atoms with E-state index in [0.29, 0.717) is 0 Å². The van der Waals surface area contributed by atoms with Crippen LogP contribution in [-0.4, -0.2) is 18.5 Å². The summed E-state index contributed by atoms with van der Waals surface area (Å²) < 4.78 is 0. The van der Waals surface area contributed by atoms with Crippen molar-refractivity contribution in [3.63, 3.8) is 0 Å². The van der Waals surface area contributed by atoms with E-state index >= 15 is 0 Å². The second kappa shape index (κ2) is 5.41. The fourth-order valence-electron chi connectivity index (χ4n) is 2.67. The summed E-state index contributed by atoms with van der Waals surface area (Å²) in [6.45, 7) is 0.938. The first-order valence-corrected chi connectivity index (χ1v) is 6.83. The lowest BCUT2D eigenvalue weighted by molar-refractivity contribution is -0.117. The molecule has 3 nitrogen and oxygen atoms in total. The third-order valence-electron chi connectivity index (χ3n) is 3.70. The van der Waals surface area contributed by atoms with Gasteiger partial charge in [0.15, 0.2) is 0 Å². The zero-order valence-corrected chi connectivity index (χ0v) is 10.8. The Morgan fingerprint density at radius 3 is 2.74 bits per heavy atom. The number of benzene rings is 1. The summed E-state index contributed by atoms with van der Waals surface area (Å²) in [7, 11) is 0. The predicted molar refractivity (Wildman–Crippen MR) is 77.1 cm³/mol. The first kappa shape index (κ1) is 12.2. The first-order chi connectivity index (χ1) is 9.34. The van der Waals surface area contributed by atoms with E-state index in [1.165, 1.54) is 0 Å². The SMILES string of the molecule is O=C(Nc1ccccc1C1C=CC=C1)[C@@H]1CCCN1. The number of rotatable bonds is 3. The van der Waals surface area contributed by atoms with Crippen LogP contribution in [0.3, 0.4) is 0 Å². The molecule has 0 saturated carbocycles. The molecular weight excluding hydrogens is 236 g/mol. The Labute approximate surface area is 113 Å². The number of nitrogens with one attached hydrogen (secondary N) is 2. The number of carbonyl (C=O) groups is 1. The van der Waals surface area contributed by atoms with Crippen molar-refractivity contribution < 1.29 is 4.79 Å². The number of anilines is 1. The Morgan fingerprint density at radius 1 is 1.21 bits per heavy atom. The second-order valence-electron chi connectivity index (χ2n) is 5.02. The molecule has 98 valence electrons. The summed E-state index contributed by atoms with van der Waals surface area (Å²) in [5.74, 6) is 0.351. The molecule has 1 aliphatic carbocycles. The van der Waals surface area contributed by atoms with Crippen LogP contribution < -0.4 is 10.6 Å². The Morgan fingerprint density at radius 2 is 2.00 bits per heavy atom. The van der Waals surface area contributed by atoms with Crippen LogP contribution in [0.1, 0.15) is 24.3 Å². The van der Waals surface area contributed by atoms with Gasteiger partial charge in [-0.25, -0.2) is 0 Å². The van der Waals surface area contributed by atoms with E-state index in [1.54, 1.807) is 0 Å². The van der Waals surface area contributed by atoms with Gasteiger partial charge in [-0.15, -0.1) is 0 Å². The van der Waals surface area contributed by atoms with E-state index in [9.17, 15) is 4.79 Å². The standard InChI is InChI=1S/C16H18N2O/c19-16(15-10-5-11-17-15)18-14-9-4-3-8-13(14)12-6-1-2-7-12/h1-4,6-9,12,15,17H,5,10-11H2,(H,18,19)/t15-/m0/s1. The highest BCUT2D eigenvalue weighted by atomic mass is 16.2. The molecule has 2 aliphatic rings. The van der Waals surface area contributed by atoms with Crippen molar-refractivity contribution in [2.24, 2.45) is 0 Å². The molecule has 1 saturated heterocycles.